The maximum atomic E-state index is 13.7. The minimum atomic E-state index is -4.63. The van der Waals surface area contributed by atoms with Crippen LogP contribution in [0, 0.1) is 0 Å². The number of nitrogens with one attached hydrogen (secondary N) is 1. The van der Waals surface area contributed by atoms with Gasteiger partial charge in [-0.15, -0.1) is 11.3 Å². The number of hydrogen-bond acceptors (Lipinski definition) is 7. The molecule has 2 aromatic heterocycles. The zero-order valence-corrected chi connectivity index (χ0v) is 20.4. The molecule has 4 rings (SSSR count). The first kappa shape index (κ1) is 25.5. The molecule has 1 spiro atoms. The van der Waals surface area contributed by atoms with Crippen molar-refractivity contribution in [3.8, 4) is 5.88 Å². The van der Waals surface area contributed by atoms with Gasteiger partial charge in [-0.2, -0.15) is 13.2 Å². The smallest absolute Gasteiger partial charge is 0.418 e. The van der Waals surface area contributed by atoms with Crippen molar-refractivity contribution in [2.24, 2.45) is 0 Å². The van der Waals surface area contributed by atoms with Crippen LogP contribution in [0.3, 0.4) is 0 Å². The lowest BCUT2D eigenvalue weighted by molar-refractivity contribution is -0.136. The van der Waals surface area contributed by atoms with Crippen LogP contribution in [0.1, 0.15) is 54.9 Å². The predicted molar refractivity (Wildman–Crippen MR) is 123 cm³/mol. The normalized spacial score (nSPS) is 19.8. The predicted octanol–water partition coefficient (Wildman–Crippen LogP) is 4.61. The van der Waals surface area contributed by atoms with Crippen LogP contribution in [-0.2, 0) is 15.7 Å². The van der Waals surface area contributed by atoms with Gasteiger partial charge in [-0.25, -0.2) is 9.78 Å². The number of hydrogen-bond donors (Lipinski definition) is 1. The minimum absolute atomic E-state index is 0.0392. The van der Waals surface area contributed by atoms with Crippen LogP contribution in [0.4, 0.5) is 18.0 Å². The van der Waals surface area contributed by atoms with Gasteiger partial charge in [0.1, 0.15) is 6.10 Å². The second-order valence-corrected chi connectivity index (χ2v) is 9.68. The molecule has 2 aliphatic heterocycles. The molecule has 0 bridgehead atoms. The topological polar surface area (TPSA) is 90.0 Å². The number of carbonyl (C=O) groups is 2. The largest absolute Gasteiger partial charge is 0.472 e. The van der Waals surface area contributed by atoms with Crippen molar-refractivity contribution >= 4 is 33.6 Å². The van der Waals surface area contributed by atoms with E-state index >= 15 is 0 Å². The van der Waals surface area contributed by atoms with E-state index in [1.807, 2.05) is 6.92 Å². The fourth-order valence-electron chi connectivity index (χ4n) is 4.44. The highest BCUT2D eigenvalue weighted by Gasteiger charge is 2.45. The van der Waals surface area contributed by atoms with Crippen LogP contribution in [0.5, 0.6) is 5.88 Å². The monoisotopic (exact) mass is 515 g/mol. The molecule has 4 heterocycles. The number of halogens is 3. The van der Waals surface area contributed by atoms with Crippen molar-refractivity contribution in [3.05, 3.63) is 22.6 Å². The summed E-state index contributed by atoms with van der Waals surface area (Å²) in [6, 6.07) is 0.881. The van der Waals surface area contributed by atoms with Crippen LogP contribution < -0.4 is 10.1 Å². The van der Waals surface area contributed by atoms with Gasteiger partial charge >= 0.3 is 12.3 Å². The average Bonchev–Trinajstić information content (AvgIpc) is 3.42. The van der Waals surface area contributed by atoms with Crippen LogP contribution in [0.15, 0.2) is 11.4 Å². The van der Waals surface area contributed by atoms with Gasteiger partial charge in [0.25, 0.3) is 5.91 Å². The molecule has 2 saturated heterocycles. The number of carbonyl (C=O) groups excluding carboxylic acids is 2. The van der Waals surface area contributed by atoms with E-state index < -0.39 is 29.4 Å². The first-order chi connectivity index (χ1) is 16.7. The van der Waals surface area contributed by atoms with Crippen molar-refractivity contribution in [2.45, 2.75) is 56.9 Å². The Morgan fingerprint density at radius 1 is 1.34 bits per heavy atom. The molecular weight excluding hydrogens is 487 g/mol. The van der Waals surface area contributed by atoms with Gasteiger partial charge in [-0.3, -0.25) is 4.79 Å². The van der Waals surface area contributed by atoms with E-state index in [4.69, 9.17) is 14.2 Å². The van der Waals surface area contributed by atoms with E-state index in [1.54, 1.807) is 4.90 Å². The summed E-state index contributed by atoms with van der Waals surface area (Å²) in [5.74, 6) is -0.715. The van der Waals surface area contributed by atoms with Crippen LogP contribution in [0.2, 0.25) is 0 Å². The number of rotatable bonds is 6. The maximum Gasteiger partial charge on any atom is 0.418 e. The van der Waals surface area contributed by atoms with E-state index in [9.17, 15) is 22.8 Å². The highest BCUT2D eigenvalue weighted by Crippen LogP contribution is 2.42. The Labute approximate surface area is 204 Å². The molecule has 0 aliphatic carbocycles. The van der Waals surface area contributed by atoms with E-state index in [-0.39, 0.29) is 34.4 Å². The van der Waals surface area contributed by atoms with Gasteiger partial charge in [0, 0.05) is 38.0 Å². The van der Waals surface area contributed by atoms with Gasteiger partial charge in [0.2, 0.25) is 5.88 Å². The number of amides is 2. The lowest BCUT2D eigenvalue weighted by Gasteiger charge is -2.37. The molecule has 192 valence electrons. The summed E-state index contributed by atoms with van der Waals surface area (Å²) in [7, 11) is 1.41. The Hall–Kier alpha value is -2.60. The fourth-order valence-corrected chi connectivity index (χ4v) is 5.46. The van der Waals surface area contributed by atoms with Gasteiger partial charge in [-0.1, -0.05) is 13.3 Å². The molecule has 0 radical (unpaired) electrons. The third-order valence-electron chi connectivity index (χ3n) is 6.40. The van der Waals surface area contributed by atoms with Gasteiger partial charge < -0.3 is 24.4 Å². The summed E-state index contributed by atoms with van der Waals surface area (Å²) in [4.78, 5) is 30.2. The molecule has 35 heavy (non-hydrogen) atoms. The summed E-state index contributed by atoms with van der Waals surface area (Å²) < 4.78 is 58.3. The van der Waals surface area contributed by atoms with Gasteiger partial charge in [0.05, 0.1) is 40.2 Å². The lowest BCUT2D eigenvalue weighted by atomic mass is 9.88. The molecular formula is C23H28F3N3O5S. The number of piperidine rings is 1. The SMILES string of the molecule is CCCCOC(=O)N1CCC2(CC1)CC(Oc1cc(C(F)(F)F)c3scc(C(=O)NC)c3n1)CO2. The Balaban J connectivity index is 1.45. The number of aromatic nitrogens is 1. The minimum Gasteiger partial charge on any atom is -0.472 e. The number of thiophene rings is 1. The second kappa shape index (κ2) is 10.2. The van der Waals surface area contributed by atoms with E-state index in [0.717, 1.165) is 30.2 Å². The first-order valence-corrected chi connectivity index (χ1v) is 12.5. The summed E-state index contributed by atoms with van der Waals surface area (Å²) in [6.07, 6.45) is -2.06. The summed E-state index contributed by atoms with van der Waals surface area (Å²) >= 11 is 0.823. The van der Waals surface area contributed by atoms with Crippen molar-refractivity contribution in [2.75, 3.05) is 33.4 Å². The molecule has 0 saturated carbocycles. The zero-order chi connectivity index (χ0) is 25.2. The highest BCUT2D eigenvalue weighted by molar-refractivity contribution is 7.17. The Bertz CT molecular complexity index is 1080. The Morgan fingerprint density at radius 2 is 2.09 bits per heavy atom. The number of pyridine rings is 1. The zero-order valence-electron chi connectivity index (χ0n) is 19.6. The average molecular weight is 516 g/mol. The van der Waals surface area contributed by atoms with Crippen LogP contribution in [0.25, 0.3) is 10.2 Å². The van der Waals surface area contributed by atoms with Crippen molar-refractivity contribution < 1.29 is 37.0 Å². The van der Waals surface area contributed by atoms with Crippen molar-refractivity contribution in [1.82, 2.24) is 15.2 Å². The molecule has 1 atom stereocenters. The number of fused-ring (bicyclic) bond motifs is 1. The number of nitrogens with zero attached hydrogens (tertiary/aromatic N) is 2. The van der Waals surface area contributed by atoms with E-state index in [1.165, 1.54) is 12.4 Å². The lowest BCUT2D eigenvalue weighted by Crippen LogP contribution is -2.46. The Kier molecular flexibility index (Phi) is 7.41. The molecule has 2 amide bonds. The molecule has 12 heteroatoms. The molecule has 1 N–H and O–H groups in total. The first-order valence-electron chi connectivity index (χ1n) is 11.6. The second-order valence-electron chi connectivity index (χ2n) is 8.81. The van der Waals surface area contributed by atoms with Gasteiger partial charge in [0.15, 0.2) is 0 Å². The third-order valence-corrected chi connectivity index (χ3v) is 7.40. The standard InChI is InChI=1S/C23H28F3N3O5S/c1-3-4-9-32-21(31)29-7-5-22(6-8-29)11-14(12-33-22)34-17-10-16(23(24,25)26)19-18(28-17)15(13-35-19)20(30)27-2/h10,13-14H,3-9,11-12H2,1-2H3,(H,27,30). The molecule has 2 aromatic rings. The summed E-state index contributed by atoms with van der Waals surface area (Å²) in [5, 5.41) is 3.79. The van der Waals surface area contributed by atoms with Crippen LogP contribution in [-0.4, -0.2) is 66.9 Å². The number of ether oxygens (including phenoxy) is 3. The fraction of sp³-hybridized carbons (Fsp3) is 0.609. The summed E-state index contributed by atoms with van der Waals surface area (Å²) in [6.45, 7) is 3.57. The molecule has 2 aliphatic rings. The maximum absolute atomic E-state index is 13.7. The van der Waals surface area contributed by atoms with Gasteiger partial charge in [-0.05, 0) is 19.3 Å². The molecule has 0 aromatic carbocycles. The number of unbranched alkanes of at least 4 members (excludes halogenated alkanes) is 1. The third kappa shape index (κ3) is 5.48. The van der Waals surface area contributed by atoms with Crippen molar-refractivity contribution in [3.63, 3.8) is 0 Å². The molecule has 1 unspecified atom stereocenters. The molecule has 8 nitrogen and oxygen atoms in total. The molecule has 2 fully saturated rings. The highest BCUT2D eigenvalue weighted by atomic mass is 32.1. The quantitative estimate of drug-likeness (QED) is 0.565. The van der Waals surface area contributed by atoms with Crippen LogP contribution >= 0.6 is 11.3 Å². The Morgan fingerprint density at radius 3 is 2.74 bits per heavy atom. The van der Waals surface area contributed by atoms with E-state index in [2.05, 4.69) is 10.3 Å². The number of likely N-dealkylation sites (tertiary alicyclic amines) is 1. The summed E-state index contributed by atoms with van der Waals surface area (Å²) in [5.41, 5.74) is -1.36. The van der Waals surface area contributed by atoms with Crippen molar-refractivity contribution in [1.29, 1.82) is 0 Å². The number of alkyl halides is 3. The van der Waals surface area contributed by atoms with E-state index in [0.29, 0.717) is 39.0 Å².